The second kappa shape index (κ2) is 6.23. The third-order valence-corrected chi connectivity index (χ3v) is 3.19. The van der Waals surface area contributed by atoms with E-state index in [4.69, 9.17) is 4.74 Å². The Morgan fingerprint density at radius 3 is 2.63 bits per heavy atom. The van der Waals surface area contributed by atoms with Gasteiger partial charge in [0.1, 0.15) is 11.6 Å². The minimum Gasteiger partial charge on any atom is -0.496 e. The summed E-state index contributed by atoms with van der Waals surface area (Å²) in [5.41, 5.74) is 2.12. The predicted octanol–water partition coefficient (Wildman–Crippen LogP) is 3.97. The Labute approximate surface area is 114 Å². The number of nitrogens with zero attached hydrogens (tertiary/aromatic N) is 1. The zero-order valence-corrected chi connectivity index (χ0v) is 11.7. The number of nitrogens with one attached hydrogen (secondary N) is 1. The lowest BCUT2D eigenvalue weighted by molar-refractivity contribution is 0.416. The third kappa shape index (κ3) is 3.25. The maximum atomic E-state index is 5.37. The summed E-state index contributed by atoms with van der Waals surface area (Å²) >= 11 is 0. The second-order valence-corrected chi connectivity index (χ2v) is 4.59. The average Bonchev–Trinajstić information content (AvgIpc) is 2.48. The van der Waals surface area contributed by atoms with Gasteiger partial charge in [0.25, 0.3) is 0 Å². The van der Waals surface area contributed by atoms with Crippen LogP contribution in [0.4, 0.5) is 5.82 Å². The molecule has 100 valence electrons. The van der Waals surface area contributed by atoms with Gasteiger partial charge in [0.05, 0.1) is 7.11 Å². The summed E-state index contributed by atoms with van der Waals surface area (Å²) < 4.78 is 5.37. The zero-order chi connectivity index (χ0) is 13.7. The van der Waals surface area contributed by atoms with E-state index in [0.29, 0.717) is 6.04 Å². The number of ether oxygens (including phenoxy) is 1. The molecule has 3 nitrogen and oxygen atoms in total. The van der Waals surface area contributed by atoms with Gasteiger partial charge in [-0.3, -0.25) is 0 Å². The van der Waals surface area contributed by atoms with Crippen molar-refractivity contribution in [2.45, 2.75) is 26.3 Å². The summed E-state index contributed by atoms with van der Waals surface area (Å²) in [6.45, 7) is 4.30. The first-order valence-electron chi connectivity index (χ1n) is 6.60. The molecular formula is C16H20N2O. The van der Waals surface area contributed by atoms with E-state index in [1.807, 2.05) is 36.5 Å². The van der Waals surface area contributed by atoms with Crippen LogP contribution in [0, 0.1) is 0 Å². The van der Waals surface area contributed by atoms with Crippen LogP contribution in [0.3, 0.4) is 0 Å². The van der Waals surface area contributed by atoms with Gasteiger partial charge in [0.15, 0.2) is 0 Å². The maximum absolute atomic E-state index is 5.37. The highest BCUT2D eigenvalue weighted by Crippen LogP contribution is 2.29. The molecule has 1 N–H and O–H groups in total. The fraction of sp³-hybridized carbons (Fsp3) is 0.312. The molecule has 1 aromatic heterocycles. The van der Waals surface area contributed by atoms with Crippen LogP contribution in [0.5, 0.6) is 5.75 Å². The molecule has 1 aromatic carbocycles. The quantitative estimate of drug-likeness (QED) is 0.879. The van der Waals surface area contributed by atoms with Crippen molar-refractivity contribution in [3.05, 3.63) is 42.6 Å². The van der Waals surface area contributed by atoms with Crippen molar-refractivity contribution in [3.63, 3.8) is 0 Å². The lowest BCUT2D eigenvalue weighted by Gasteiger charge is -2.13. The molecule has 19 heavy (non-hydrogen) atoms. The number of pyridine rings is 1. The van der Waals surface area contributed by atoms with Gasteiger partial charge in [-0.15, -0.1) is 0 Å². The van der Waals surface area contributed by atoms with Crippen LogP contribution in [0.25, 0.3) is 11.1 Å². The lowest BCUT2D eigenvalue weighted by atomic mass is 10.1. The molecule has 0 fully saturated rings. The first-order valence-corrected chi connectivity index (χ1v) is 6.60. The predicted molar refractivity (Wildman–Crippen MR) is 79.6 cm³/mol. The Bertz CT molecular complexity index is 523. The smallest absolute Gasteiger partial charge is 0.126 e. The van der Waals surface area contributed by atoms with Crippen LogP contribution in [0.15, 0.2) is 42.6 Å². The van der Waals surface area contributed by atoms with Gasteiger partial charge >= 0.3 is 0 Å². The third-order valence-electron chi connectivity index (χ3n) is 3.19. The number of aromatic nitrogens is 1. The molecule has 1 heterocycles. The normalized spacial score (nSPS) is 11.9. The standard InChI is InChI=1S/C16H20N2O/c1-4-12(2)18-16-10-9-13(11-17-16)14-7-5-6-8-15(14)19-3/h5-12H,4H2,1-3H3,(H,17,18). The van der Waals surface area contributed by atoms with Crippen molar-refractivity contribution in [1.82, 2.24) is 4.98 Å². The summed E-state index contributed by atoms with van der Waals surface area (Å²) in [7, 11) is 1.69. The highest BCUT2D eigenvalue weighted by atomic mass is 16.5. The van der Waals surface area contributed by atoms with Crippen molar-refractivity contribution in [2.75, 3.05) is 12.4 Å². The summed E-state index contributed by atoms with van der Waals surface area (Å²) in [5.74, 6) is 1.78. The van der Waals surface area contributed by atoms with Crippen molar-refractivity contribution in [3.8, 4) is 16.9 Å². The van der Waals surface area contributed by atoms with E-state index >= 15 is 0 Å². The number of methoxy groups -OCH3 is 1. The number of hydrogen-bond donors (Lipinski definition) is 1. The minimum absolute atomic E-state index is 0.435. The molecule has 0 spiro atoms. The van der Waals surface area contributed by atoms with Crippen LogP contribution in [0.2, 0.25) is 0 Å². The SMILES string of the molecule is CCC(C)Nc1ccc(-c2ccccc2OC)cn1. The van der Waals surface area contributed by atoms with Gasteiger partial charge in [-0.25, -0.2) is 4.98 Å². The first kappa shape index (κ1) is 13.4. The highest BCUT2D eigenvalue weighted by molar-refractivity contribution is 5.70. The van der Waals surface area contributed by atoms with Crippen LogP contribution >= 0.6 is 0 Å². The Hall–Kier alpha value is -2.03. The van der Waals surface area contributed by atoms with Crippen LogP contribution < -0.4 is 10.1 Å². The minimum atomic E-state index is 0.435. The van der Waals surface area contributed by atoms with Gasteiger partial charge in [0, 0.05) is 23.4 Å². The van der Waals surface area contributed by atoms with E-state index in [2.05, 4.69) is 30.2 Å². The fourth-order valence-corrected chi connectivity index (χ4v) is 1.88. The van der Waals surface area contributed by atoms with Crippen molar-refractivity contribution >= 4 is 5.82 Å². The van der Waals surface area contributed by atoms with E-state index < -0.39 is 0 Å². The molecule has 1 atom stereocenters. The second-order valence-electron chi connectivity index (χ2n) is 4.59. The molecule has 0 saturated carbocycles. The number of para-hydroxylation sites is 1. The number of anilines is 1. The Kier molecular flexibility index (Phi) is 4.39. The average molecular weight is 256 g/mol. The molecule has 2 rings (SSSR count). The van der Waals surface area contributed by atoms with E-state index in [9.17, 15) is 0 Å². The van der Waals surface area contributed by atoms with E-state index in [1.54, 1.807) is 7.11 Å². The molecule has 1 unspecified atom stereocenters. The molecule has 0 saturated heterocycles. The Morgan fingerprint density at radius 2 is 2.00 bits per heavy atom. The van der Waals surface area contributed by atoms with Crippen molar-refractivity contribution in [2.24, 2.45) is 0 Å². The molecule has 0 aliphatic rings. The van der Waals surface area contributed by atoms with Gasteiger partial charge in [-0.05, 0) is 31.5 Å². The molecule has 0 radical (unpaired) electrons. The molecule has 0 aliphatic carbocycles. The van der Waals surface area contributed by atoms with E-state index in [-0.39, 0.29) is 0 Å². The van der Waals surface area contributed by atoms with Crippen molar-refractivity contribution in [1.29, 1.82) is 0 Å². The fourth-order valence-electron chi connectivity index (χ4n) is 1.88. The van der Waals surface area contributed by atoms with Crippen molar-refractivity contribution < 1.29 is 4.74 Å². The van der Waals surface area contributed by atoms with Gasteiger partial charge in [-0.2, -0.15) is 0 Å². The largest absolute Gasteiger partial charge is 0.496 e. The van der Waals surface area contributed by atoms with Crippen LogP contribution in [0.1, 0.15) is 20.3 Å². The summed E-state index contributed by atoms with van der Waals surface area (Å²) in [6.07, 6.45) is 2.96. The number of rotatable bonds is 5. The molecule has 2 aromatic rings. The topological polar surface area (TPSA) is 34.1 Å². The van der Waals surface area contributed by atoms with Gasteiger partial charge < -0.3 is 10.1 Å². The van der Waals surface area contributed by atoms with Gasteiger partial charge in [0.2, 0.25) is 0 Å². The Balaban J connectivity index is 2.22. The number of benzene rings is 1. The molecule has 3 heteroatoms. The van der Waals surface area contributed by atoms with E-state index in [1.165, 1.54) is 0 Å². The van der Waals surface area contributed by atoms with Gasteiger partial charge in [-0.1, -0.05) is 25.1 Å². The first-order chi connectivity index (χ1) is 9.24. The van der Waals surface area contributed by atoms with Crippen LogP contribution in [-0.4, -0.2) is 18.1 Å². The lowest BCUT2D eigenvalue weighted by Crippen LogP contribution is -2.14. The molecule has 0 amide bonds. The Morgan fingerprint density at radius 1 is 1.21 bits per heavy atom. The summed E-state index contributed by atoms with van der Waals surface area (Å²) in [5, 5.41) is 3.36. The monoisotopic (exact) mass is 256 g/mol. The number of hydrogen-bond acceptors (Lipinski definition) is 3. The zero-order valence-electron chi connectivity index (χ0n) is 11.7. The molecule has 0 bridgehead atoms. The molecular weight excluding hydrogens is 236 g/mol. The molecule has 0 aliphatic heterocycles. The van der Waals surface area contributed by atoms with Crippen LogP contribution in [-0.2, 0) is 0 Å². The van der Waals surface area contributed by atoms with E-state index in [0.717, 1.165) is 29.1 Å². The summed E-state index contributed by atoms with van der Waals surface area (Å²) in [6, 6.07) is 12.5. The maximum Gasteiger partial charge on any atom is 0.126 e. The summed E-state index contributed by atoms with van der Waals surface area (Å²) in [4.78, 5) is 4.45. The highest BCUT2D eigenvalue weighted by Gasteiger charge is 2.06.